The molecule has 0 amide bonds. The number of aryl methyl sites for hydroxylation is 2. The van der Waals surface area contributed by atoms with E-state index in [1.54, 1.807) is 17.8 Å². The van der Waals surface area contributed by atoms with Crippen LogP contribution in [0.25, 0.3) is 0 Å². The van der Waals surface area contributed by atoms with Gasteiger partial charge in [0.05, 0.1) is 11.7 Å². The van der Waals surface area contributed by atoms with E-state index < -0.39 is 0 Å². The molecule has 0 aliphatic heterocycles. The molecule has 1 unspecified atom stereocenters. The van der Waals surface area contributed by atoms with Crippen LogP contribution in [0, 0.1) is 12.7 Å². The molecule has 1 heterocycles. The van der Waals surface area contributed by atoms with Crippen LogP contribution in [0.1, 0.15) is 36.2 Å². The summed E-state index contributed by atoms with van der Waals surface area (Å²) in [6, 6.07) is 4.86. The highest BCUT2D eigenvalue weighted by atomic mass is 79.9. The smallest absolute Gasteiger partial charge is 0.153 e. The summed E-state index contributed by atoms with van der Waals surface area (Å²) in [6.07, 6.45) is 0.965. The molecule has 108 valence electrons. The molecule has 1 aromatic heterocycles. The van der Waals surface area contributed by atoms with Crippen molar-refractivity contribution in [2.24, 2.45) is 7.05 Å². The van der Waals surface area contributed by atoms with Gasteiger partial charge in [-0.15, -0.1) is 5.10 Å². The number of hydrogen-bond donors (Lipinski definition) is 1. The van der Waals surface area contributed by atoms with Gasteiger partial charge in [-0.1, -0.05) is 29.8 Å². The molecule has 20 heavy (non-hydrogen) atoms. The summed E-state index contributed by atoms with van der Waals surface area (Å²) in [5.74, 6) is -0.225. The minimum atomic E-state index is -0.274. The molecule has 0 radical (unpaired) electrons. The standard InChI is InChI=1S/C14H18BrFN4/c1-4-7-17-12(13-14(15)18-19-20(13)3)10-8-9(2)5-6-11(10)16/h5-6,8,12,17H,4,7H2,1-3H3. The van der Waals surface area contributed by atoms with Crippen LogP contribution < -0.4 is 5.32 Å². The summed E-state index contributed by atoms with van der Waals surface area (Å²) in [5.41, 5.74) is 2.46. The van der Waals surface area contributed by atoms with Gasteiger partial charge in [-0.05, 0) is 41.9 Å². The first kappa shape index (κ1) is 15.1. The Hall–Kier alpha value is -1.27. The van der Waals surface area contributed by atoms with Crippen molar-refractivity contribution in [3.05, 3.63) is 45.4 Å². The number of nitrogens with zero attached hydrogens (tertiary/aromatic N) is 3. The van der Waals surface area contributed by atoms with E-state index in [0.29, 0.717) is 10.2 Å². The molecule has 1 aromatic carbocycles. The van der Waals surface area contributed by atoms with E-state index in [2.05, 4.69) is 38.5 Å². The molecule has 0 aliphatic rings. The van der Waals surface area contributed by atoms with Crippen molar-refractivity contribution in [3.8, 4) is 0 Å². The molecule has 0 aliphatic carbocycles. The molecule has 0 spiro atoms. The number of nitrogens with one attached hydrogen (secondary N) is 1. The second-order valence-corrected chi connectivity index (χ2v) is 5.55. The van der Waals surface area contributed by atoms with Crippen molar-refractivity contribution >= 4 is 15.9 Å². The van der Waals surface area contributed by atoms with Gasteiger partial charge in [0.15, 0.2) is 4.60 Å². The predicted molar refractivity (Wildman–Crippen MR) is 80.0 cm³/mol. The summed E-state index contributed by atoms with van der Waals surface area (Å²) in [7, 11) is 1.81. The van der Waals surface area contributed by atoms with E-state index in [0.717, 1.165) is 24.2 Å². The molecule has 2 rings (SSSR count). The number of aromatic nitrogens is 3. The second kappa shape index (κ2) is 6.45. The van der Waals surface area contributed by atoms with Gasteiger partial charge in [0, 0.05) is 12.6 Å². The van der Waals surface area contributed by atoms with Crippen molar-refractivity contribution < 1.29 is 4.39 Å². The van der Waals surface area contributed by atoms with Gasteiger partial charge in [0.2, 0.25) is 0 Å². The van der Waals surface area contributed by atoms with E-state index in [9.17, 15) is 4.39 Å². The van der Waals surface area contributed by atoms with Crippen LogP contribution in [0.5, 0.6) is 0 Å². The van der Waals surface area contributed by atoms with Crippen LogP contribution in [0.2, 0.25) is 0 Å². The van der Waals surface area contributed by atoms with Gasteiger partial charge in [0.1, 0.15) is 5.82 Å². The highest BCUT2D eigenvalue weighted by molar-refractivity contribution is 9.10. The maximum Gasteiger partial charge on any atom is 0.153 e. The SMILES string of the molecule is CCCNC(c1cc(C)ccc1F)c1c(Br)nnn1C. The molecule has 1 atom stereocenters. The van der Waals surface area contributed by atoms with Gasteiger partial charge in [0.25, 0.3) is 0 Å². The number of halogens is 2. The number of rotatable bonds is 5. The molecule has 0 saturated carbocycles. The molecular weight excluding hydrogens is 323 g/mol. The Kier molecular flexibility index (Phi) is 4.88. The van der Waals surface area contributed by atoms with Crippen molar-refractivity contribution in [1.29, 1.82) is 0 Å². The van der Waals surface area contributed by atoms with Crippen LogP contribution in [-0.2, 0) is 7.05 Å². The topological polar surface area (TPSA) is 42.7 Å². The first-order valence-corrected chi connectivity index (χ1v) is 7.38. The maximum absolute atomic E-state index is 14.2. The lowest BCUT2D eigenvalue weighted by Crippen LogP contribution is -2.26. The number of benzene rings is 1. The molecule has 0 bridgehead atoms. The average molecular weight is 341 g/mol. The Labute approximate surface area is 126 Å². The predicted octanol–water partition coefficient (Wildman–Crippen LogP) is 3.11. The quantitative estimate of drug-likeness (QED) is 0.909. The lowest BCUT2D eigenvalue weighted by atomic mass is 10.0. The van der Waals surface area contributed by atoms with Gasteiger partial charge in [-0.25, -0.2) is 9.07 Å². The third kappa shape index (κ3) is 3.07. The summed E-state index contributed by atoms with van der Waals surface area (Å²) in [4.78, 5) is 0. The molecule has 0 saturated heterocycles. The van der Waals surface area contributed by atoms with Crippen molar-refractivity contribution in [2.75, 3.05) is 6.54 Å². The van der Waals surface area contributed by atoms with E-state index in [1.807, 2.05) is 13.0 Å². The summed E-state index contributed by atoms with van der Waals surface area (Å²) in [5, 5.41) is 11.3. The first-order chi connectivity index (χ1) is 9.54. The number of hydrogen-bond acceptors (Lipinski definition) is 3. The van der Waals surface area contributed by atoms with Crippen molar-refractivity contribution in [3.63, 3.8) is 0 Å². The van der Waals surface area contributed by atoms with Crippen molar-refractivity contribution in [1.82, 2.24) is 20.3 Å². The molecule has 1 N–H and O–H groups in total. The molecule has 2 aromatic rings. The van der Waals surface area contributed by atoms with Crippen LogP contribution >= 0.6 is 15.9 Å². The molecule has 0 fully saturated rings. The fraction of sp³-hybridized carbons (Fsp3) is 0.429. The summed E-state index contributed by atoms with van der Waals surface area (Å²) < 4.78 is 16.5. The van der Waals surface area contributed by atoms with Crippen LogP contribution in [0.4, 0.5) is 4.39 Å². The maximum atomic E-state index is 14.2. The van der Waals surface area contributed by atoms with Crippen LogP contribution in [0.15, 0.2) is 22.8 Å². The Morgan fingerprint density at radius 3 is 2.80 bits per heavy atom. The van der Waals surface area contributed by atoms with Gasteiger partial charge in [-0.3, -0.25) is 0 Å². The zero-order chi connectivity index (χ0) is 14.7. The van der Waals surface area contributed by atoms with Gasteiger partial charge >= 0.3 is 0 Å². The lowest BCUT2D eigenvalue weighted by Gasteiger charge is -2.20. The van der Waals surface area contributed by atoms with Crippen molar-refractivity contribution in [2.45, 2.75) is 26.3 Å². The van der Waals surface area contributed by atoms with Crippen LogP contribution in [-0.4, -0.2) is 21.5 Å². The van der Waals surface area contributed by atoms with E-state index in [1.165, 1.54) is 6.07 Å². The Morgan fingerprint density at radius 2 is 2.20 bits per heavy atom. The highest BCUT2D eigenvalue weighted by Crippen LogP contribution is 2.29. The third-order valence-corrected chi connectivity index (χ3v) is 3.73. The minimum absolute atomic E-state index is 0.225. The monoisotopic (exact) mass is 340 g/mol. The Morgan fingerprint density at radius 1 is 1.45 bits per heavy atom. The highest BCUT2D eigenvalue weighted by Gasteiger charge is 2.24. The Balaban J connectivity index is 2.50. The largest absolute Gasteiger partial charge is 0.305 e. The van der Waals surface area contributed by atoms with Gasteiger partial charge in [-0.2, -0.15) is 0 Å². The minimum Gasteiger partial charge on any atom is -0.305 e. The van der Waals surface area contributed by atoms with Crippen LogP contribution in [0.3, 0.4) is 0 Å². The average Bonchev–Trinajstić information content (AvgIpc) is 2.74. The van der Waals surface area contributed by atoms with E-state index >= 15 is 0 Å². The Bertz CT molecular complexity index is 577. The van der Waals surface area contributed by atoms with E-state index in [-0.39, 0.29) is 11.9 Å². The van der Waals surface area contributed by atoms with Gasteiger partial charge < -0.3 is 5.32 Å². The molecule has 6 heteroatoms. The lowest BCUT2D eigenvalue weighted by molar-refractivity contribution is 0.517. The fourth-order valence-electron chi connectivity index (χ4n) is 2.17. The normalized spacial score (nSPS) is 12.7. The van der Waals surface area contributed by atoms with E-state index in [4.69, 9.17) is 0 Å². The zero-order valence-corrected chi connectivity index (χ0v) is 13.4. The second-order valence-electron chi connectivity index (χ2n) is 4.80. The summed E-state index contributed by atoms with van der Waals surface area (Å²) in [6.45, 7) is 4.82. The summed E-state index contributed by atoms with van der Waals surface area (Å²) >= 11 is 3.39. The molecule has 4 nitrogen and oxygen atoms in total. The first-order valence-electron chi connectivity index (χ1n) is 6.59. The molecular formula is C14H18BrFN4. The third-order valence-electron chi connectivity index (χ3n) is 3.16. The fourth-order valence-corrected chi connectivity index (χ4v) is 2.73. The zero-order valence-electron chi connectivity index (χ0n) is 11.8.